The number of imide groups is 2. The SMILES string of the molecule is O=C(CN1C(=O)NC(c2ccccc2)(C(F)(F)F)C1=O)NC(=O)NC1CC1. The van der Waals surface area contributed by atoms with Gasteiger partial charge in [0.15, 0.2) is 0 Å². The Labute approximate surface area is 151 Å². The van der Waals surface area contributed by atoms with Crippen LogP contribution in [0.25, 0.3) is 0 Å². The molecule has 1 atom stereocenters. The van der Waals surface area contributed by atoms with Crippen molar-refractivity contribution in [1.82, 2.24) is 20.9 Å². The van der Waals surface area contributed by atoms with Crippen molar-refractivity contribution in [2.75, 3.05) is 6.54 Å². The fourth-order valence-electron chi connectivity index (χ4n) is 2.72. The molecule has 0 bridgehead atoms. The van der Waals surface area contributed by atoms with Crippen LogP contribution in [0, 0.1) is 0 Å². The van der Waals surface area contributed by atoms with E-state index in [1.165, 1.54) is 18.2 Å². The summed E-state index contributed by atoms with van der Waals surface area (Å²) in [6.45, 7) is -1.02. The first kappa shape index (κ1) is 18.7. The Morgan fingerprint density at radius 3 is 2.37 bits per heavy atom. The molecule has 0 radical (unpaired) electrons. The van der Waals surface area contributed by atoms with Gasteiger partial charge >= 0.3 is 18.2 Å². The fraction of sp³-hybridized carbons (Fsp3) is 0.375. The van der Waals surface area contributed by atoms with E-state index in [-0.39, 0.29) is 10.9 Å². The maximum Gasteiger partial charge on any atom is 0.425 e. The maximum absolute atomic E-state index is 13.8. The zero-order valence-corrected chi connectivity index (χ0v) is 13.8. The monoisotopic (exact) mass is 384 g/mol. The van der Waals surface area contributed by atoms with E-state index in [9.17, 15) is 32.3 Å². The summed E-state index contributed by atoms with van der Waals surface area (Å²) in [5.41, 5.74) is -3.77. The summed E-state index contributed by atoms with van der Waals surface area (Å²) < 4.78 is 41.3. The molecule has 1 saturated heterocycles. The van der Waals surface area contributed by atoms with Gasteiger partial charge in [-0.2, -0.15) is 13.2 Å². The van der Waals surface area contributed by atoms with Gasteiger partial charge in [-0.3, -0.25) is 19.8 Å². The topological polar surface area (TPSA) is 108 Å². The molecule has 3 N–H and O–H groups in total. The summed E-state index contributed by atoms with van der Waals surface area (Å²) >= 11 is 0. The number of nitrogens with zero attached hydrogens (tertiary/aromatic N) is 1. The van der Waals surface area contributed by atoms with Crippen molar-refractivity contribution in [3.63, 3.8) is 0 Å². The van der Waals surface area contributed by atoms with Crippen LogP contribution in [0.5, 0.6) is 0 Å². The first-order valence-corrected chi connectivity index (χ1v) is 8.02. The smallest absolute Gasteiger partial charge is 0.335 e. The molecule has 11 heteroatoms. The second-order valence-corrected chi connectivity index (χ2v) is 6.23. The Balaban J connectivity index is 1.80. The van der Waals surface area contributed by atoms with Gasteiger partial charge in [-0.1, -0.05) is 30.3 Å². The van der Waals surface area contributed by atoms with Crippen LogP contribution in [0.15, 0.2) is 30.3 Å². The molecule has 1 heterocycles. The highest BCUT2D eigenvalue weighted by Gasteiger charge is 2.68. The highest BCUT2D eigenvalue weighted by atomic mass is 19.4. The third-order valence-electron chi connectivity index (χ3n) is 4.20. The van der Waals surface area contributed by atoms with Crippen LogP contribution in [0.1, 0.15) is 18.4 Å². The van der Waals surface area contributed by atoms with Gasteiger partial charge in [-0.05, 0) is 18.4 Å². The number of carbonyl (C=O) groups is 4. The van der Waals surface area contributed by atoms with E-state index in [1.807, 2.05) is 5.32 Å². The number of halogens is 3. The average molecular weight is 384 g/mol. The molecule has 0 aromatic heterocycles. The third-order valence-corrected chi connectivity index (χ3v) is 4.20. The van der Waals surface area contributed by atoms with E-state index < -0.39 is 47.7 Å². The zero-order chi connectivity index (χ0) is 19.8. The lowest BCUT2D eigenvalue weighted by atomic mass is 9.89. The molecular formula is C16H15F3N4O4. The molecule has 144 valence electrons. The van der Waals surface area contributed by atoms with Crippen molar-refractivity contribution in [2.45, 2.75) is 30.6 Å². The Morgan fingerprint density at radius 1 is 1.19 bits per heavy atom. The summed E-state index contributed by atoms with van der Waals surface area (Å²) in [7, 11) is 0. The van der Waals surface area contributed by atoms with Gasteiger partial charge in [0.05, 0.1) is 0 Å². The van der Waals surface area contributed by atoms with E-state index in [0.717, 1.165) is 25.0 Å². The predicted octanol–water partition coefficient (Wildman–Crippen LogP) is 0.984. The molecule has 1 aliphatic heterocycles. The van der Waals surface area contributed by atoms with Gasteiger partial charge in [0.1, 0.15) is 6.54 Å². The second kappa shape index (κ2) is 6.56. The standard InChI is InChI=1S/C16H15F3N4O4/c17-16(18,19)15(9-4-2-1-3-5-9)12(25)23(14(27)22-15)8-11(24)21-13(26)20-10-6-7-10/h1-5,10H,6-8H2,(H,22,27)(H2,20,21,24,26). The lowest BCUT2D eigenvalue weighted by Gasteiger charge is -2.29. The molecular weight excluding hydrogens is 369 g/mol. The molecule has 1 unspecified atom stereocenters. The minimum absolute atomic E-state index is 0.0505. The minimum atomic E-state index is -5.14. The molecule has 2 aliphatic rings. The van der Waals surface area contributed by atoms with E-state index in [0.29, 0.717) is 0 Å². The Kier molecular flexibility index (Phi) is 4.54. The lowest BCUT2D eigenvalue weighted by Crippen LogP contribution is -2.56. The normalized spacial score (nSPS) is 22.4. The molecule has 1 aliphatic carbocycles. The predicted molar refractivity (Wildman–Crippen MR) is 84.1 cm³/mol. The first-order valence-electron chi connectivity index (χ1n) is 8.02. The number of carbonyl (C=O) groups excluding carboxylic acids is 4. The number of hydrogen-bond acceptors (Lipinski definition) is 4. The van der Waals surface area contributed by atoms with Crippen molar-refractivity contribution in [3.8, 4) is 0 Å². The first-order chi connectivity index (χ1) is 12.6. The molecule has 1 saturated carbocycles. The summed E-state index contributed by atoms with van der Waals surface area (Å²) in [6.07, 6.45) is -3.62. The highest BCUT2D eigenvalue weighted by Crippen LogP contribution is 2.43. The van der Waals surface area contributed by atoms with Gasteiger partial charge < -0.3 is 10.6 Å². The summed E-state index contributed by atoms with van der Waals surface area (Å²) in [4.78, 5) is 48.1. The second-order valence-electron chi connectivity index (χ2n) is 6.23. The number of nitrogens with one attached hydrogen (secondary N) is 3. The molecule has 6 amide bonds. The Hall–Kier alpha value is -3.11. The third kappa shape index (κ3) is 3.44. The van der Waals surface area contributed by atoms with Crippen LogP contribution in [-0.2, 0) is 15.1 Å². The quantitative estimate of drug-likeness (QED) is 0.673. The van der Waals surface area contributed by atoms with E-state index >= 15 is 0 Å². The number of urea groups is 2. The van der Waals surface area contributed by atoms with Crippen molar-refractivity contribution in [1.29, 1.82) is 0 Å². The van der Waals surface area contributed by atoms with Crippen LogP contribution in [-0.4, -0.2) is 47.5 Å². The van der Waals surface area contributed by atoms with Crippen LogP contribution in [0.3, 0.4) is 0 Å². The van der Waals surface area contributed by atoms with E-state index in [2.05, 4.69) is 5.32 Å². The molecule has 0 spiro atoms. The van der Waals surface area contributed by atoms with Crippen LogP contribution in [0.4, 0.5) is 22.8 Å². The molecule has 1 aromatic carbocycles. The van der Waals surface area contributed by atoms with Gasteiger partial charge in [0, 0.05) is 6.04 Å². The lowest BCUT2D eigenvalue weighted by molar-refractivity contribution is -0.198. The zero-order valence-electron chi connectivity index (χ0n) is 13.8. The number of amides is 6. The Bertz CT molecular complexity index is 795. The fourth-order valence-corrected chi connectivity index (χ4v) is 2.72. The minimum Gasteiger partial charge on any atom is -0.335 e. The van der Waals surface area contributed by atoms with Crippen molar-refractivity contribution >= 4 is 23.9 Å². The van der Waals surface area contributed by atoms with E-state index in [1.54, 1.807) is 5.32 Å². The molecule has 8 nitrogen and oxygen atoms in total. The average Bonchev–Trinajstić information content (AvgIpc) is 3.35. The Morgan fingerprint density at radius 2 is 1.81 bits per heavy atom. The number of rotatable bonds is 4. The number of alkyl halides is 3. The van der Waals surface area contributed by atoms with Crippen molar-refractivity contribution in [2.24, 2.45) is 0 Å². The molecule has 1 aromatic rings. The van der Waals surface area contributed by atoms with Gasteiger partial charge in [0.2, 0.25) is 11.4 Å². The summed E-state index contributed by atoms with van der Waals surface area (Å²) in [6, 6.07) is 3.89. The maximum atomic E-state index is 13.8. The highest BCUT2D eigenvalue weighted by molar-refractivity contribution is 6.10. The van der Waals surface area contributed by atoms with Crippen molar-refractivity contribution in [3.05, 3.63) is 35.9 Å². The number of hydrogen-bond donors (Lipinski definition) is 3. The van der Waals surface area contributed by atoms with Gasteiger partial charge in [0.25, 0.3) is 5.91 Å². The summed E-state index contributed by atoms with van der Waals surface area (Å²) in [5, 5.41) is 5.98. The van der Waals surface area contributed by atoms with Gasteiger partial charge in [-0.15, -0.1) is 0 Å². The molecule has 27 heavy (non-hydrogen) atoms. The van der Waals surface area contributed by atoms with Gasteiger partial charge in [-0.25, -0.2) is 9.59 Å². The molecule has 2 fully saturated rings. The van der Waals surface area contributed by atoms with Crippen LogP contribution >= 0.6 is 0 Å². The molecule has 3 rings (SSSR count). The largest absolute Gasteiger partial charge is 0.425 e. The van der Waals surface area contributed by atoms with Crippen LogP contribution in [0.2, 0.25) is 0 Å². The van der Waals surface area contributed by atoms with E-state index in [4.69, 9.17) is 0 Å². The number of benzene rings is 1. The summed E-state index contributed by atoms with van der Waals surface area (Å²) in [5.74, 6) is -2.72. The van der Waals surface area contributed by atoms with Crippen molar-refractivity contribution < 1.29 is 32.3 Å². The van der Waals surface area contributed by atoms with Crippen LogP contribution < -0.4 is 16.0 Å².